The highest BCUT2D eigenvalue weighted by atomic mass is 16.6. The fourth-order valence-electron chi connectivity index (χ4n) is 2.06. The van der Waals surface area contributed by atoms with E-state index >= 15 is 0 Å². The van der Waals surface area contributed by atoms with Crippen molar-refractivity contribution in [2.45, 2.75) is 26.2 Å². The lowest BCUT2D eigenvalue weighted by molar-refractivity contribution is -0.383. The quantitative estimate of drug-likeness (QED) is 0.487. The minimum Gasteiger partial charge on any atom is -0.384 e. The number of nitrogens with zero attached hydrogens (tertiary/aromatic N) is 2. The molecule has 100 valence electrons. The monoisotopic (exact) mass is 259 g/mol. The van der Waals surface area contributed by atoms with Crippen molar-refractivity contribution in [2.24, 2.45) is 0 Å². The molecule has 5 heteroatoms. The van der Waals surface area contributed by atoms with E-state index in [1.165, 1.54) is 18.9 Å². The number of hydrogen-bond donors (Lipinski definition) is 1. The van der Waals surface area contributed by atoms with Gasteiger partial charge in [-0.25, -0.2) is 4.98 Å². The highest BCUT2D eigenvalue weighted by molar-refractivity contribution is 5.96. The first kappa shape index (κ1) is 13.3. The van der Waals surface area contributed by atoms with Crippen LogP contribution in [0.1, 0.15) is 26.2 Å². The summed E-state index contributed by atoms with van der Waals surface area (Å²) in [6.45, 7) is 3.03. The van der Waals surface area contributed by atoms with E-state index in [1.54, 1.807) is 18.3 Å². The maximum absolute atomic E-state index is 11.0. The highest BCUT2D eigenvalue weighted by Crippen LogP contribution is 2.29. The molecule has 1 aromatic carbocycles. The molecule has 0 amide bonds. The normalized spacial score (nSPS) is 10.6. The Balaban J connectivity index is 2.30. The van der Waals surface area contributed by atoms with E-state index < -0.39 is 4.92 Å². The van der Waals surface area contributed by atoms with E-state index in [-0.39, 0.29) is 5.69 Å². The standard InChI is InChI=1S/C14H17N3O2/c1-2-3-4-9-15-12-7-8-13(17(18)19)14-11(12)6-5-10-16-14/h5-8,10,15H,2-4,9H2,1H3. The second kappa shape index (κ2) is 6.13. The molecule has 0 radical (unpaired) electrons. The second-order valence-electron chi connectivity index (χ2n) is 4.42. The van der Waals surface area contributed by atoms with Crippen LogP contribution in [0.3, 0.4) is 0 Å². The van der Waals surface area contributed by atoms with Crippen LogP contribution in [0.5, 0.6) is 0 Å². The number of hydrogen-bond acceptors (Lipinski definition) is 4. The van der Waals surface area contributed by atoms with Gasteiger partial charge in [-0.1, -0.05) is 19.8 Å². The lowest BCUT2D eigenvalue weighted by atomic mass is 10.1. The van der Waals surface area contributed by atoms with Crippen LogP contribution >= 0.6 is 0 Å². The molecular weight excluding hydrogens is 242 g/mol. The number of pyridine rings is 1. The second-order valence-corrected chi connectivity index (χ2v) is 4.42. The number of unbranched alkanes of at least 4 members (excludes halogenated alkanes) is 2. The van der Waals surface area contributed by atoms with E-state index in [1.807, 2.05) is 6.07 Å². The van der Waals surface area contributed by atoms with Crippen molar-refractivity contribution in [2.75, 3.05) is 11.9 Å². The van der Waals surface area contributed by atoms with E-state index in [2.05, 4.69) is 17.2 Å². The van der Waals surface area contributed by atoms with Gasteiger partial charge < -0.3 is 5.32 Å². The Hall–Kier alpha value is -2.17. The molecule has 1 N–H and O–H groups in total. The zero-order chi connectivity index (χ0) is 13.7. The third-order valence-corrected chi connectivity index (χ3v) is 3.04. The number of fused-ring (bicyclic) bond motifs is 1. The molecule has 0 saturated heterocycles. The molecule has 0 atom stereocenters. The van der Waals surface area contributed by atoms with E-state index in [4.69, 9.17) is 0 Å². The predicted octanol–water partition coefficient (Wildman–Crippen LogP) is 3.75. The number of non-ortho nitro benzene ring substituents is 1. The molecule has 0 aliphatic rings. The Morgan fingerprint density at radius 2 is 2.16 bits per heavy atom. The third kappa shape index (κ3) is 2.99. The summed E-state index contributed by atoms with van der Waals surface area (Å²) in [5.74, 6) is 0. The Kier molecular flexibility index (Phi) is 4.28. The largest absolute Gasteiger partial charge is 0.384 e. The van der Waals surface area contributed by atoms with Crippen molar-refractivity contribution in [1.29, 1.82) is 0 Å². The minimum absolute atomic E-state index is 0.0507. The fourth-order valence-corrected chi connectivity index (χ4v) is 2.06. The van der Waals surface area contributed by atoms with Crippen LogP contribution in [0.2, 0.25) is 0 Å². The first-order valence-electron chi connectivity index (χ1n) is 6.50. The number of rotatable bonds is 6. The van der Waals surface area contributed by atoms with Gasteiger partial charge in [0.15, 0.2) is 0 Å². The first-order chi connectivity index (χ1) is 9.24. The minimum atomic E-state index is -0.393. The van der Waals surface area contributed by atoms with Crippen molar-refractivity contribution in [3.63, 3.8) is 0 Å². The molecule has 2 aromatic rings. The van der Waals surface area contributed by atoms with Crippen LogP contribution in [-0.2, 0) is 0 Å². The van der Waals surface area contributed by atoms with Crippen molar-refractivity contribution in [3.8, 4) is 0 Å². The summed E-state index contributed by atoms with van der Waals surface area (Å²) in [6, 6.07) is 6.92. The van der Waals surface area contributed by atoms with Crippen molar-refractivity contribution in [1.82, 2.24) is 4.98 Å². The number of aromatic nitrogens is 1. The molecule has 2 rings (SSSR count). The van der Waals surface area contributed by atoms with Gasteiger partial charge in [0.25, 0.3) is 5.69 Å². The topological polar surface area (TPSA) is 68.1 Å². The lowest BCUT2D eigenvalue weighted by Gasteiger charge is -2.09. The zero-order valence-electron chi connectivity index (χ0n) is 10.9. The van der Waals surface area contributed by atoms with Crippen molar-refractivity contribution < 1.29 is 4.92 Å². The van der Waals surface area contributed by atoms with Crippen molar-refractivity contribution in [3.05, 3.63) is 40.6 Å². The van der Waals surface area contributed by atoms with Gasteiger partial charge in [-0.05, 0) is 24.6 Å². The number of nitro benzene ring substituents is 1. The molecule has 0 aliphatic heterocycles. The van der Waals surface area contributed by atoms with Crippen LogP contribution < -0.4 is 5.32 Å². The SMILES string of the molecule is CCCCCNc1ccc([N+](=O)[O-])c2ncccc12. The average molecular weight is 259 g/mol. The molecule has 1 aromatic heterocycles. The van der Waals surface area contributed by atoms with Crippen LogP contribution in [0.25, 0.3) is 10.9 Å². The summed E-state index contributed by atoms with van der Waals surface area (Å²) in [5.41, 5.74) is 1.40. The van der Waals surface area contributed by atoms with E-state index in [9.17, 15) is 10.1 Å². The maximum atomic E-state index is 11.0. The summed E-state index contributed by atoms with van der Waals surface area (Å²) >= 11 is 0. The summed E-state index contributed by atoms with van der Waals surface area (Å²) in [5, 5.41) is 15.1. The fraction of sp³-hybridized carbons (Fsp3) is 0.357. The number of benzene rings is 1. The molecule has 0 bridgehead atoms. The Morgan fingerprint density at radius 1 is 1.32 bits per heavy atom. The zero-order valence-corrected chi connectivity index (χ0v) is 10.9. The van der Waals surface area contributed by atoms with Gasteiger partial charge in [0.05, 0.1) is 4.92 Å². The average Bonchev–Trinajstić information content (AvgIpc) is 2.43. The van der Waals surface area contributed by atoms with Crippen LogP contribution in [0, 0.1) is 10.1 Å². The molecule has 19 heavy (non-hydrogen) atoms. The van der Waals surface area contributed by atoms with Crippen LogP contribution in [-0.4, -0.2) is 16.5 Å². The molecule has 0 aliphatic carbocycles. The molecule has 0 unspecified atom stereocenters. The van der Waals surface area contributed by atoms with Gasteiger partial charge in [-0.15, -0.1) is 0 Å². The summed E-state index contributed by atoms with van der Waals surface area (Å²) < 4.78 is 0. The highest BCUT2D eigenvalue weighted by Gasteiger charge is 2.14. The first-order valence-corrected chi connectivity index (χ1v) is 6.50. The van der Waals surface area contributed by atoms with E-state index in [0.29, 0.717) is 5.52 Å². The number of nitro groups is 1. The Labute approximate surface area is 111 Å². The smallest absolute Gasteiger partial charge is 0.295 e. The number of nitrogens with one attached hydrogen (secondary N) is 1. The number of anilines is 1. The summed E-state index contributed by atoms with van der Waals surface area (Å²) in [6.07, 6.45) is 5.02. The molecule has 1 heterocycles. The third-order valence-electron chi connectivity index (χ3n) is 3.04. The van der Waals surface area contributed by atoms with Gasteiger partial charge in [0.1, 0.15) is 5.52 Å². The molecule has 0 fully saturated rings. The van der Waals surface area contributed by atoms with Gasteiger partial charge in [0, 0.05) is 29.9 Å². The summed E-state index contributed by atoms with van der Waals surface area (Å²) in [7, 11) is 0. The van der Waals surface area contributed by atoms with Gasteiger partial charge in [-0.3, -0.25) is 10.1 Å². The predicted molar refractivity (Wildman–Crippen MR) is 76.4 cm³/mol. The summed E-state index contributed by atoms with van der Waals surface area (Å²) in [4.78, 5) is 14.7. The van der Waals surface area contributed by atoms with Crippen LogP contribution in [0.15, 0.2) is 30.5 Å². The lowest BCUT2D eigenvalue weighted by Crippen LogP contribution is -2.02. The Bertz CT molecular complexity index is 584. The molecule has 5 nitrogen and oxygen atoms in total. The Morgan fingerprint density at radius 3 is 2.89 bits per heavy atom. The van der Waals surface area contributed by atoms with Gasteiger partial charge in [-0.2, -0.15) is 0 Å². The maximum Gasteiger partial charge on any atom is 0.295 e. The van der Waals surface area contributed by atoms with Crippen molar-refractivity contribution >= 4 is 22.3 Å². The molecule has 0 saturated carbocycles. The van der Waals surface area contributed by atoms with E-state index in [0.717, 1.165) is 24.0 Å². The van der Waals surface area contributed by atoms with Crippen LogP contribution in [0.4, 0.5) is 11.4 Å². The van der Waals surface area contributed by atoms with Gasteiger partial charge in [0.2, 0.25) is 0 Å². The molecule has 0 spiro atoms. The molecular formula is C14H17N3O2. The van der Waals surface area contributed by atoms with Gasteiger partial charge >= 0.3 is 0 Å².